The second kappa shape index (κ2) is 5.91. The molecule has 0 radical (unpaired) electrons. The number of hydrogen-bond acceptors (Lipinski definition) is 4. The summed E-state index contributed by atoms with van der Waals surface area (Å²) in [6.45, 7) is 12.8. The number of rotatable bonds is 2. The first-order chi connectivity index (χ1) is 8.97. The first-order valence-corrected chi connectivity index (χ1v) is 8.17. The highest BCUT2D eigenvalue weighted by atomic mass is 35.5. The van der Waals surface area contributed by atoms with Crippen molar-refractivity contribution in [3.05, 3.63) is 16.1 Å². The van der Waals surface area contributed by atoms with Crippen molar-refractivity contribution in [2.75, 3.05) is 26.2 Å². The van der Waals surface area contributed by atoms with Crippen LogP contribution >= 0.6 is 23.7 Å². The van der Waals surface area contributed by atoms with E-state index in [2.05, 4.69) is 42.2 Å². The second-order valence-electron chi connectivity index (χ2n) is 7.26. The maximum absolute atomic E-state index is 4.62. The molecule has 0 aliphatic carbocycles. The van der Waals surface area contributed by atoms with Gasteiger partial charge in [-0.25, -0.2) is 4.98 Å². The first-order valence-electron chi connectivity index (χ1n) is 7.35. The first kappa shape index (κ1) is 16.2. The van der Waals surface area contributed by atoms with E-state index in [0.717, 1.165) is 6.54 Å². The summed E-state index contributed by atoms with van der Waals surface area (Å²) < 4.78 is 0. The van der Waals surface area contributed by atoms with Crippen LogP contribution in [-0.4, -0.2) is 36.1 Å². The van der Waals surface area contributed by atoms with Crippen LogP contribution in [0, 0.1) is 5.41 Å². The smallest absolute Gasteiger partial charge is 0.107 e. The molecule has 0 aromatic carbocycles. The van der Waals surface area contributed by atoms with E-state index in [9.17, 15) is 0 Å². The SMILES string of the molecule is CC(C)(C)c1cnc(CN2CCC3(CCNC3)C2)s1.Cl. The summed E-state index contributed by atoms with van der Waals surface area (Å²) in [6, 6.07) is 0. The van der Waals surface area contributed by atoms with E-state index in [4.69, 9.17) is 0 Å². The van der Waals surface area contributed by atoms with Gasteiger partial charge in [-0.1, -0.05) is 20.8 Å². The average molecular weight is 316 g/mol. The number of likely N-dealkylation sites (tertiary alicyclic amines) is 1. The van der Waals surface area contributed by atoms with Crippen LogP contribution in [0.2, 0.25) is 0 Å². The van der Waals surface area contributed by atoms with Gasteiger partial charge in [0.05, 0.1) is 6.54 Å². The van der Waals surface area contributed by atoms with Crippen LogP contribution in [-0.2, 0) is 12.0 Å². The quantitative estimate of drug-likeness (QED) is 0.909. The van der Waals surface area contributed by atoms with Crippen molar-refractivity contribution in [2.45, 2.75) is 45.6 Å². The third-order valence-electron chi connectivity index (χ3n) is 4.50. The predicted octanol–water partition coefficient (Wildman–Crippen LogP) is 3.05. The number of halogens is 1. The van der Waals surface area contributed by atoms with Gasteiger partial charge < -0.3 is 5.32 Å². The Balaban J connectivity index is 0.00000147. The summed E-state index contributed by atoms with van der Waals surface area (Å²) in [7, 11) is 0. The van der Waals surface area contributed by atoms with Crippen molar-refractivity contribution in [1.29, 1.82) is 0 Å². The van der Waals surface area contributed by atoms with Crippen molar-refractivity contribution in [2.24, 2.45) is 5.41 Å². The Kier molecular flexibility index (Phi) is 4.80. The molecule has 1 spiro atoms. The van der Waals surface area contributed by atoms with Gasteiger partial charge >= 0.3 is 0 Å². The molecule has 3 rings (SSSR count). The van der Waals surface area contributed by atoms with E-state index in [-0.39, 0.29) is 17.8 Å². The minimum atomic E-state index is 0. The molecular formula is C15H26ClN3S. The zero-order valence-electron chi connectivity index (χ0n) is 12.7. The highest BCUT2D eigenvalue weighted by molar-refractivity contribution is 7.11. The maximum atomic E-state index is 4.62. The van der Waals surface area contributed by atoms with Gasteiger partial charge in [0, 0.05) is 24.2 Å². The molecule has 3 heterocycles. The summed E-state index contributed by atoms with van der Waals surface area (Å²) in [6.07, 6.45) is 4.79. The van der Waals surface area contributed by atoms with Crippen LogP contribution in [0.15, 0.2) is 6.20 Å². The highest BCUT2D eigenvalue weighted by Crippen LogP contribution is 2.37. The summed E-state index contributed by atoms with van der Waals surface area (Å²) in [5.74, 6) is 0. The Bertz CT molecular complexity index is 446. The largest absolute Gasteiger partial charge is 0.316 e. The minimum Gasteiger partial charge on any atom is -0.316 e. The molecule has 114 valence electrons. The van der Waals surface area contributed by atoms with Crippen LogP contribution in [0.3, 0.4) is 0 Å². The lowest BCUT2D eigenvalue weighted by molar-refractivity contribution is 0.268. The Morgan fingerprint density at radius 2 is 2.20 bits per heavy atom. The van der Waals surface area contributed by atoms with Crippen LogP contribution in [0.25, 0.3) is 0 Å². The lowest BCUT2D eigenvalue weighted by atomic mass is 9.87. The van der Waals surface area contributed by atoms with E-state index in [0.29, 0.717) is 5.41 Å². The molecule has 1 atom stereocenters. The number of aromatic nitrogens is 1. The lowest BCUT2D eigenvalue weighted by Gasteiger charge is -2.22. The monoisotopic (exact) mass is 315 g/mol. The number of hydrogen-bond donors (Lipinski definition) is 1. The Labute approximate surface area is 132 Å². The minimum absolute atomic E-state index is 0. The molecule has 1 N–H and O–H groups in total. The molecule has 3 nitrogen and oxygen atoms in total. The van der Waals surface area contributed by atoms with E-state index in [1.54, 1.807) is 0 Å². The summed E-state index contributed by atoms with van der Waals surface area (Å²) in [4.78, 5) is 8.62. The topological polar surface area (TPSA) is 28.2 Å². The van der Waals surface area contributed by atoms with Crippen LogP contribution in [0.5, 0.6) is 0 Å². The fourth-order valence-corrected chi connectivity index (χ4v) is 4.25. The molecule has 0 bridgehead atoms. The fraction of sp³-hybridized carbons (Fsp3) is 0.800. The molecule has 2 saturated heterocycles. The van der Waals surface area contributed by atoms with Crippen LogP contribution in [0.1, 0.15) is 43.5 Å². The second-order valence-corrected chi connectivity index (χ2v) is 8.37. The Hall–Kier alpha value is -0.160. The van der Waals surface area contributed by atoms with Gasteiger partial charge in [0.25, 0.3) is 0 Å². The number of thiazole rings is 1. The van der Waals surface area contributed by atoms with Gasteiger partial charge in [-0.15, -0.1) is 23.7 Å². The molecule has 0 amide bonds. The summed E-state index contributed by atoms with van der Waals surface area (Å²) in [5, 5.41) is 4.81. The predicted molar refractivity (Wildman–Crippen MR) is 87.9 cm³/mol. The summed E-state index contributed by atoms with van der Waals surface area (Å²) >= 11 is 1.89. The zero-order chi connectivity index (χ0) is 13.5. The van der Waals surface area contributed by atoms with E-state index in [1.165, 1.54) is 48.9 Å². The van der Waals surface area contributed by atoms with Crippen molar-refractivity contribution in [1.82, 2.24) is 15.2 Å². The average Bonchev–Trinajstić information content (AvgIpc) is 3.01. The maximum Gasteiger partial charge on any atom is 0.107 e. The number of nitrogens with one attached hydrogen (secondary N) is 1. The molecular weight excluding hydrogens is 290 g/mol. The van der Waals surface area contributed by atoms with E-state index in [1.807, 2.05) is 11.3 Å². The molecule has 2 aliphatic rings. The molecule has 1 aromatic rings. The van der Waals surface area contributed by atoms with Crippen molar-refractivity contribution in [3.63, 3.8) is 0 Å². The molecule has 20 heavy (non-hydrogen) atoms. The van der Waals surface area contributed by atoms with Gasteiger partial charge in [0.2, 0.25) is 0 Å². The van der Waals surface area contributed by atoms with Gasteiger partial charge in [-0.3, -0.25) is 4.90 Å². The molecule has 0 saturated carbocycles. The molecule has 2 aliphatic heterocycles. The molecule has 1 unspecified atom stereocenters. The van der Waals surface area contributed by atoms with Gasteiger partial charge in [-0.05, 0) is 36.8 Å². The molecule has 2 fully saturated rings. The molecule has 5 heteroatoms. The van der Waals surface area contributed by atoms with Crippen LogP contribution < -0.4 is 5.32 Å². The van der Waals surface area contributed by atoms with Gasteiger partial charge in [-0.2, -0.15) is 0 Å². The van der Waals surface area contributed by atoms with Gasteiger partial charge in [0.1, 0.15) is 5.01 Å². The Morgan fingerprint density at radius 3 is 2.80 bits per heavy atom. The normalized spacial score (nSPS) is 27.1. The third-order valence-corrected chi connectivity index (χ3v) is 5.91. The van der Waals surface area contributed by atoms with Crippen molar-refractivity contribution < 1.29 is 0 Å². The van der Waals surface area contributed by atoms with E-state index < -0.39 is 0 Å². The lowest BCUT2D eigenvalue weighted by Crippen LogP contribution is -2.28. The third kappa shape index (κ3) is 3.35. The highest BCUT2D eigenvalue weighted by Gasteiger charge is 2.40. The van der Waals surface area contributed by atoms with E-state index >= 15 is 0 Å². The van der Waals surface area contributed by atoms with Crippen molar-refractivity contribution >= 4 is 23.7 Å². The molecule has 1 aromatic heterocycles. The number of nitrogens with zero attached hydrogens (tertiary/aromatic N) is 2. The fourth-order valence-electron chi connectivity index (χ4n) is 3.23. The van der Waals surface area contributed by atoms with Crippen molar-refractivity contribution in [3.8, 4) is 0 Å². The van der Waals surface area contributed by atoms with Gasteiger partial charge in [0.15, 0.2) is 0 Å². The summed E-state index contributed by atoms with van der Waals surface area (Å²) in [5.41, 5.74) is 0.807. The Morgan fingerprint density at radius 1 is 1.40 bits per heavy atom. The zero-order valence-corrected chi connectivity index (χ0v) is 14.4. The standard InChI is InChI=1S/C15H25N3S.ClH/c1-14(2,3)12-8-17-13(19-12)9-18-7-5-15(11-18)4-6-16-10-15;/h8,16H,4-7,9-11H2,1-3H3;1H. The van der Waals surface area contributed by atoms with Crippen LogP contribution in [0.4, 0.5) is 0 Å².